The maximum Gasteiger partial charge on any atom is 0.326 e. The lowest BCUT2D eigenvalue weighted by atomic mass is 10.1. The highest BCUT2D eigenvalue weighted by Crippen LogP contribution is 2.19. The molecule has 1 heterocycles. The van der Waals surface area contributed by atoms with E-state index >= 15 is 0 Å². The number of hydrogen-bond donors (Lipinski definition) is 1. The molecule has 7 heteroatoms. The average molecular weight is 300 g/mol. The number of rotatable bonds is 4. The molecule has 0 aliphatic carbocycles. The molecule has 0 aromatic heterocycles. The predicted molar refractivity (Wildman–Crippen MR) is 75.8 cm³/mol. The van der Waals surface area contributed by atoms with E-state index in [1.807, 2.05) is 0 Å². The number of carbonyl (C=O) groups excluding carboxylic acids is 2. The van der Waals surface area contributed by atoms with Gasteiger partial charge in [0.1, 0.15) is 6.04 Å². The highest BCUT2D eigenvalue weighted by Gasteiger charge is 2.33. The molecule has 1 fully saturated rings. The van der Waals surface area contributed by atoms with Gasteiger partial charge in [-0.05, 0) is 12.8 Å². The van der Waals surface area contributed by atoms with Crippen molar-refractivity contribution in [1.82, 2.24) is 9.80 Å². The second-order valence-corrected chi connectivity index (χ2v) is 5.48. The molecular formula is C14H24N2O5. The van der Waals surface area contributed by atoms with Crippen LogP contribution in [0.3, 0.4) is 0 Å². The monoisotopic (exact) mass is 300 g/mol. The smallest absolute Gasteiger partial charge is 0.326 e. The van der Waals surface area contributed by atoms with Crippen molar-refractivity contribution in [3.8, 4) is 0 Å². The Labute approximate surface area is 124 Å². The van der Waals surface area contributed by atoms with Crippen LogP contribution >= 0.6 is 0 Å². The van der Waals surface area contributed by atoms with Gasteiger partial charge in [-0.25, -0.2) is 9.59 Å². The number of ether oxygens (including phenoxy) is 1. The summed E-state index contributed by atoms with van der Waals surface area (Å²) < 4.78 is 4.63. The van der Waals surface area contributed by atoms with E-state index in [1.54, 1.807) is 14.0 Å². The summed E-state index contributed by atoms with van der Waals surface area (Å²) in [5, 5.41) is 9.29. The number of aliphatic carboxylic acids is 1. The van der Waals surface area contributed by atoms with Gasteiger partial charge in [-0.15, -0.1) is 0 Å². The first-order chi connectivity index (χ1) is 9.88. The first-order valence-corrected chi connectivity index (χ1v) is 7.20. The molecule has 1 aliphatic heterocycles. The lowest BCUT2D eigenvalue weighted by Gasteiger charge is -2.32. The molecule has 2 unspecified atom stereocenters. The molecule has 0 saturated carbocycles. The van der Waals surface area contributed by atoms with Crippen molar-refractivity contribution < 1.29 is 24.2 Å². The van der Waals surface area contributed by atoms with Crippen LogP contribution in [0.25, 0.3) is 0 Å². The molecule has 0 radical (unpaired) electrons. The van der Waals surface area contributed by atoms with E-state index in [4.69, 9.17) is 0 Å². The molecule has 1 N–H and O–H groups in total. The minimum Gasteiger partial charge on any atom is -0.480 e. The molecule has 0 spiro atoms. The summed E-state index contributed by atoms with van der Waals surface area (Å²) in [6, 6.07) is -1.13. The maximum atomic E-state index is 12.4. The van der Waals surface area contributed by atoms with Crippen molar-refractivity contribution in [2.45, 2.75) is 38.6 Å². The molecule has 1 rings (SSSR count). The Balaban J connectivity index is 2.73. The number of esters is 1. The second-order valence-electron chi connectivity index (χ2n) is 5.48. The molecule has 1 saturated heterocycles. The van der Waals surface area contributed by atoms with E-state index in [2.05, 4.69) is 4.74 Å². The van der Waals surface area contributed by atoms with Gasteiger partial charge in [0.2, 0.25) is 0 Å². The number of carboxylic acid groups (broad SMARTS) is 1. The van der Waals surface area contributed by atoms with Crippen LogP contribution in [0.1, 0.15) is 32.6 Å². The van der Waals surface area contributed by atoms with Crippen LogP contribution in [0.4, 0.5) is 4.79 Å². The van der Waals surface area contributed by atoms with E-state index in [9.17, 15) is 19.5 Å². The largest absolute Gasteiger partial charge is 0.480 e. The molecule has 0 aromatic rings. The summed E-state index contributed by atoms with van der Waals surface area (Å²) in [7, 11) is 2.88. The van der Waals surface area contributed by atoms with Gasteiger partial charge in [0, 0.05) is 20.1 Å². The number of carboxylic acids is 1. The zero-order valence-electron chi connectivity index (χ0n) is 12.9. The predicted octanol–water partition coefficient (Wildman–Crippen LogP) is 1.18. The lowest BCUT2D eigenvalue weighted by Crippen LogP contribution is -2.50. The van der Waals surface area contributed by atoms with Gasteiger partial charge in [-0.3, -0.25) is 4.79 Å². The van der Waals surface area contributed by atoms with E-state index < -0.39 is 17.9 Å². The molecule has 2 amide bonds. The van der Waals surface area contributed by atoms with Crippen LogP contribution < -0.4 is 0 Å². The first-order valence-electron chi connectivity index (χ1n) is 7.20. The second kappa shape index (κ2) is 7.85. The number of hydrogen-bond acceptors (Lipinski definition) is 4. The van der Waals surface area contributed by atoms with Crippen LogP contribution in [0, 0.1) is 5.92 Å². The first kappa shape index (κ1) is 17.3. The van der Waals surface area contributed by atoms with Crippen molar-refractivity contribution in [3.05, 3.63) is 0 Å². The summed E-state index contributed by atoms with van der Waals surface area (Å²) >= 11 is 0. The molecule has 0 aromatic carbocycles. The molecule has 120 valence electrons. The van der Waals surface area contributed by atoms with E-state index in [0.717, 1.165) is 19.3 Å². The topological polar surface area (TPSA) is 87.2 Å². The van der Waals surface area contributed by atoms with E-state index in [0.29, 0.717) is 13.0 Å². The van der Waals surface area contributed by atoms with Gasteiger partial charge < -0.3 is 19.6 Å². The third-order valence-electron chi connectivity index (χ3n) is 3.76. The van der Waals surface area contributed by atoms with Crippen LogP contribution in [-0.2, 0) is 14.3 Å². The quantitative estimate of drug-likeness (QED) is 0.788. The number of likely N-dealkylation sites (tertiary alicyclic amines) is 1. The zero-order chi connectivity index (χ0) is 16.0. The Hall–Kier alpha value is -1.79. The Bertz CT molecular complexity index is 399. The fourth-order valence-electron chi connectivity index (χ4n) is 2.58. The number of amides is 2. The van der Waals surface area contributed by atoms with Crippen molar-refractivity contribution in [2.75, 3.05) is 27.2 Å². The average Bonchev–Trinajstić information content (AvgIpc) is 2.70. The summed E-state index contributed by atoms with van der Waals surface area (Å²) in [5.41, 5.74) is 0. The SMILES string of the molecule is COC(=O)C(C)CN(C)C(=O)N1CCCCCC1C(=O)O. The molecule has 0 bridgehead atoms. The van der Waals surface area contributed by atoms with Crippen molar-refractivity contribution in [1.29, 1.82) is 0 Å². The summed E-state index contributed by atoms with van der Waals surface area (Å²) in [5.74, 6) is -1.81. The highest BCUT2D eigenvalue weighted by molar-refractivity contribution is 5.83. The van der Waals surface area contributed by atoms with Gasteiger partial charge in [-0.2, -0.15) is 0 Å². The molecular weight excluding hydrogens is 276 g/mol. The molecule has 2 atom stereocenters. The number of urea groups is 1. The minimum absolute atomic E-state index is 0.203. The van der Waals surface area contributed by atoms with E-state index in [-0.39, 0.29) is 18.5 Å². The zero-order valence-corrected chi connectivity index (χ0v) is 12.9. The van der Waals surface area contributed by atoms with Crippen molar-refractivity contribution in [2.24, 2.45) is 5.92 Å². The Morgan fingerprint density at radius 3 is 2.57 bits per heavy atom. The lowest BCUT2D eigenvalue weighted by molar-refractivity contribution is -0.145. The van der Waals surface area contributed by atoms with Gasteiger partial charge in [-0.1, -0.05) is 19.8 Å². The van der Waals surface area contributed by atoms with Gasteiger partial charge in [0.15, 0.2) is 0 Å². The Kier molecular flexibility index (Phi) is 6.45. The van der Waals surface area contributed by atoms with Gasteiger partial charge in [0.05, 0.1) is 13.0 Å². The fourth-order valence-corrected chi connectivity index (χ4v) is 2.58. The van der Waals surface area contributed by atoms with Gasteiger partial charge in [0.25, 0.3) is 0 Å². The maximum absolute atomic E-state index is 12.4. The number of carbonyl (C=O) groups is 3. The van der Waals surface area contributed by atoms with Crippen molar-refractivity contribution in [3.63, 3.8) is 0 Å². The fraction of sp³-hybridized carbons (Fsp3) is 0.786. The highest BCUT2D eigenvalue weighted by atomic mass is 16.5. The summed E-state index contributed by atoms with van der Waals surface area (Å²) in [6.45, 7) is 2.31. The summed E-state index contributed by atoms with van der Waals surface area (Å²) in [4.78, 5) is 38.0. The molecule has 21 heavy (non-hydrogen) atoms. The van der Waals surface area contributed by atoms with Crippen LogP contribution in [0.2, 0.25) is 0 Å². The van der Waals surface area contributed by atoms with E-state index in [1.165, 1.54) is 16.9 Å². The Morgan fingerprint density at radius 2 is 2.00 bits per heavy atom. The molecule has 7 nitrogen and oxygen atoms in total. The standard InChI is InChI=1S/C14H24N2O5/c1-10(13(19)21-3)9-15(2)14(20)16-8-6-4-5-7-11(16)12(17)18/h10-11H,4-9H2,1-3H3,(H,17,18). The van der Waals surface area contributed by atoms with Crippen molar-refractivity contribution >= 4 is 18.0 Å². The van der Waals surface area contributed by atoms with Crippen LogP contribution in [0.5, 0.6) is 0 Å². The number of nitrogens with zero attached hydrogens (tertiary/aromatic N) is 2. The normalized spacial score (nSPS) is 20.3. The third kappa shape index (κ3) is 4.61. The summed E-state index contributed by atoms with van der Waals surface area (Å²) in [6.07, 6.45) is 3.01. The third-order valence-corrected chi connectivity index (χ3v) is 3.76. The Morgan fingerprint density at radius 1 is 1.33 bits per heavy atom. The molecule has 1 aliphatic rings. The van der Waals surface area contributed by atoms with Crippen LogP contribution in [-0.4, -0.2) is 66.2 Å². The number of methoxy groups -OCH3 is 1. The van der Waals surface area contributed by atoms with Gasteiger partial charge >= 0.3 is 18.0 Å². The van der Waals surface area contributed by atoms with Crippen LogP contribution in [0.15, 0.2) is 0 Å². The minimum atomic E-state index is -0.973.